The molecule has 0 fully saturated rings. The Bertz CT molecular complexity index is 600. The molecule has 0 saturated heterocycles. The summed E-state index contributed by atoms with van der Waals surface area (Å²) in [7, 11) is 0. The molecule has 0 aliphatic carbocycles. The number of halogens is 4. The number of hydrogen-bond donors (Lipinski definition) is 1. The van der Waals surface area contributed by atoms with Gasteiger partial charge in [0, 0.05) is 6.20 Å². The van der Waals surface area contributed by atoms with Gasteiger partial charge in [0.25, 0.3) is 0 Å². The van der Waals surface area contributed by atoms with E-state index in [1.165, 1.54) is 0 Å². The Labute approximate surface area is 117 Å². The zero-order chi connectivity index (χ0) is 14.8. The van der Waals surface area contributed by atoms with Crippen molar-refractivity contribution in [3.05, 3.63) is 52.7 Å². The summed E-state index contributed by atoms with van der Waals surface area (Å²) in [6.07, 6.45) is -3.85. The first kappa shape index (κ1) is 14.6. The summed E-state index contributed by atoms with van der Waals surface area (Å²) in [6.45, 7) is -0.112. The van der Waals surface area contributed by atoms with Crippen LogP contribution < -0.4 is 4.74 Å². The van der Waals surface area contributed by atoms with Crippen LogP contribution >= 0.6 is 11.6 Å². The Morgan fingerprint density at radius 3 is 2.35 bits per heavy atom. The Hall–Kier alpha value is -1.79. The monoisotopic (exact) mass is 303 g/mol. The number of ether oxygens (including phenoxy) is 1. The van der Waals surface area contributed by atoms with Crippen molar-refractivity contribution in [2.24, 2.45) is 0 Å². The summed E-state index contributed by atoms with van der Waals surface area (Å²) in [5.74, 6) is 0.243. The number of nitrogens with zero attached hydrogens (tertiary/aromatic N) is 1. The van der Waals surface area contributed by atoms with Crippen LogP contribution in [0.5, 0.6) is 11.6 Å². The Morgan fingerprint density at radius 1 is 1.20 bits per heavy atom. The minimum absolute atomic E-state index is 0.112. The molecule has 0 bridgehead atoms. The van der Waals surface area contributed by atoms with Gasteiger partial charge in [-0.25, -0.2) is 4.98 Å². The largest absolute Gasteiger partial charge is 0.438 e. The minimum atomic E-state index is -4.50. The highest BCUT2D eigenvalue weighted by Gasteiger charge is 2.31. The maximum atomic E-state index is 12.4. The molecule has 3 nitrogen and oxygen atoms in total. The van der Waals surface area contributed by atoms with E-state index in [2.05, 4.69) is 4.98 Å². The molecule has 0 saturated carbocycles. The summed E-state index contributed by atoms with van der Waals surface area (Å²) in [4.78, 5) is 3.56. The third-order valence-electron chi connectivity index (χ3n) is 2.46. The van der Waals surface area contributed by atoms with E-state index in [1.54, 1.807) is 24.3 Å². The average Bonchev–Trinajstić information content (AvgIpc) is 2.41. The van der Waals surface area contributed by atoms with Crippen LogP contribution in [0.1, 0.15) is 11.1 Å². The van der Waals surface area contributed by atoms with Gasteiger partial charge < -0.3 is 9.84 Å². The highest BCUT2D eigenvalue weighted by atomic mass is 35.5. The van der Waals surface area contributed by atoms with Crippen LogP contribution in [-0.4, -0.2) is 10.1 Å². The number of benzene rings is 1. The van der Waals surface area contributed by atoms with Gasteiger partial charge in [0.15, 0.2) is 0 Å². The number of aliphatic hydroxyl groups is 1. The fourth-order valence-electron chi connectivity index (χ4n) is 1.43. The van der Waals surface area contributed by atoms with Gasteiger partial charge >= 0.3 is 6.18 Å². The molecule has 0 amide bonds. The molecule has 1 heterocycles. The normalized spacial score (nSPS) is 11.4. The summed E-state index contributed by atoms with van der Waals surface area (Å²) in [6, 6.07) is 7.11. The van der Waals surface area contributed by atoms with Gasteiger partial charge in [-0.3, -0.25) is 0 Å². The minimum Gasteiger partial charge on any atom is -0.438 e. The number of aliphatic hydroxyl groups excluding tert-OH is 1. The first-order valence-electron chi connectivity index (χ1n) is 5.50. The molecule has 1 aromatic heterocycles. The lowest BCUT2D eigenvalue weighted by atomic mass is 10.2. The van der Waals surface area contributed by atoms with E-state index in [9.17, 15) is 13.2 Å². The zero-order valence-corrected chi connectivity index (χ0v) is 10.7. The molecule has 0 unspecified atom stereocenters. The van der Waals surface area contributed by atoms with Crippen molar-refractivity contribution in [3.8, 4) is 11.6 Å². The second kappa shape index (κ2) is 5.68. The van der Waals surface area contributed by atoms with Gasteiger partial charge in [-0.2, -0.15) is 13.2 Å². The highest BCUT2D eigenvalue weighted by Crippen LogP contribution is 2.34. The van der Waals surface area contributed by atoms with E-state index in [1.807, 2.05) is 0 Å². The molecule has 1 N–H and O–H groups in total. The van der Waals surface area contributed by atoms with Crippen molar-refractivity contribution in [2.45, 2.75) is 12.8 Å². The third kappa shape index (κ3) is 3.40. The van der Waals surface area contributed by atoms with Crippen LogP contribution in [-0.2, 0) is 12.8 Å². The molecule has 1 aromatic carbocycles. The molecule has 106 valence electrons. The van der Waals surface area contributed by atoms with Crippen molar-refractivity contribution >= 4 is 11.6 Å². The predicted molar refractivity (Wildman–Crippen MR) is 66.7 cm³/mol. The first-order chi connectivity index (χ1) is 9.40. The number of aromatic nitrogens is 1. The number of alkyl halides is 3. The highest BCUT2D eigenvalue weighted by molar-refractivity contribution is 6.31. The van der Waals surface area contributed by atoms with Crippen molar-refractivity contribution in [3.63, 3.8) is 0 Å². The van der Waals surface area contributed by atoms with E-state index in [0.29, 0.717) is 17.5 Å². The molecule has 2 rings (SSSR count). The van der Waals surface area contributed by atoms with Gasteiger partial charge in [0.2, 0.25) is 5.88 Å². The quantitative estimate of drug-likeness (QED) is 0.930. The molecule has 0 spiro atoms. The predicted octanol–water partition coefficient (Wildman–Crippen LogP) is 4.04. The number of hydrogen-bond acceptors (Lipinski definition) is 3. The van der Waals surface area contributed by atoms with E-state index >= 15 is 0 Å². The summed E-state index contributed by atoms with van der Waals surface area (Å²) >= 11 is 5.72. The van der Waals surface area contributed by atoms with E-state index in [-0.39, 0.29) is 17.5 Å². The summed E-state index contributed by atoms with van der Waals surface area (Å²) in [5, 5.41) is 8.66. The van der Waals surface area contributed by atoms with Crippen LogP contribution in [0.25, 0.3) is 0 Å². The molecular formula is C13H9ClF3NO2. The standard InChI is InChI=1S/C13H9ClF3NO2/c14-11-5-9(13(15,16)17)6-18-12(11)20-10-3-1-8(7-19)2-4-10/h1-6,19H,7H2. The van der Waals surface area contributed by atoms with Crippen molar-refractivity contribution in [1.82, 2.24) is 4.98 Å². The van der Waals surface area contributed by atoms with Crippen LogP contribution in [0.4, 0.5) is 13.2 Å². The lowest BCUT2D eigenvalue weighted by Crippen LogP contribution is -2.05. The maximum absolute atomic E-state index is 12.4. The van der Waals surface area contributed by atoms with Crippen LogP contribution in [0, 0.1) is 0 Å². The third-order valence-corrected chi connectivity index (χ3v) is 2.73. The summed E-state index contributed by atoms with van der Waals surface area (Å²) < 4.78 is 42.6. The lowest BCUT2D eigenvalue weighted by molar-refractivity contribution is -0.137. The van der Waals surface area contributed by atoms with Crippen molar-refractivity contribution in [1.29, 1.82) is 0 Å². The molecule has 0 aliphatic rings. The van der Waals surface area contributed by atoms with Gasteiger partial charge in [-0.1, -0.05) is 23.7 Å². The fraction of sp³-hybridized carbons (Fsp3) is 0.154. The molecular weight excluding hydrogens is 295 g/mol. The SMILES string of the molecule is OCc1ccc(Oc2ncc(C(F)(F)F)cc2Cl)cc1. The Kier molecular flexibility index (Phi) is 4.15. The lowest BCUT2D eigenvalue weighted by Gasteiger charge is -2.10. The van der Waals surface area contributed by atoms with Gasteiger partial charge in [0.05, 0.1) is 12.2 Å². The Morgan fingerprint density at radius 2 is 1.85 bits per heavy atom. The Balaban J connectivity index is 2.21. The van der Waals surface area contributed by atoms with E-state index in [4.69, 9.17) is 21.4 Å². The van der Waals surface area contributed by atoms with Crippen LogP contribution in [0.2, 0.25) is 5.02 Å². The second-order valence-corrected chi connectivity index (χ2v) is 4.32. The van der Waals surface area contributed by atoms with Crippen molar-refractivity contribution < 1.29 is 23.0 Å². The smallest absolute Gasteiger partial charge is 0.417 e. The van der Waals surface area contributed by atoms with Gasteiger partial charge in [-0.15, -0.1) is 0 Å². The van der Waals surface area contributed by atoms with Crippen molar-refractivity contribution in [2.75, 3.05) is 0 Å². The molecule has 0 radical (unpaired) electrons. The molecule has 2 aromatic rings. The maximum Gasteiger partial charge on any atom is 0.417 e. The van der Waals surface area contributed by atoms with Gasteiger partial charge in [-0.05, 0) is 23.8 Å². The molecule has 7 heteroatoms. The zero-order valence-electron chi connectivity index (χ0n) is 9.99. The van der Waals surface area contributed by atoms with Gasteiger partial charge in [0.1, 0.15) is 10.8 Å². The number of rotatable bonds is 3. The average molecular weight is 304 g/mol. The second-order valence-electron chi connectivity index (χ2n) is 3.91. The molecule has 0 atom stereocenters. The van der Waals surface area contributed by atoms with E-state index < -0.39 is 11.7 Å². The van der Waals surface area contributed by atoms with Crippen LogP contribution in [0.15, 0.2) is 36.5 Å². The first-order valence-corrected chi connectivity index (χ1v) is 5.88. The molecule has 20 heavy (non-hydrogen) atoms. The van der Waals surface area contributed by atoms with Crippen LogP contribution in [0.3, 0.4) is 0 Å². The topological polar surface area (TPSA) is 42.4 Å². The molecule has 0 aliphatic heterocycles. The fourth-order valence-corrected chi connectivity index (χ4v) is 1.63. The van der Waals surface area contributed by atoms with E-state index in [0.717, 1.165) is 6.07 Å². The summed E-state index contributed by atoms with van der Waals surface area (Å²) in [5.41, 5.74) is -0.255. The number of pyridine rings is 1.